The van der Waals surface area contributed by atoms with Crippen LogP contribution in [0.5, 0.6) is 0 Å². The maximum Gasteiger partial charge on any atom is 0.254 e. The van der Waals surface area contributed by atoms with Crippen LogP contribution >= 0.6 is 0 Å². The molecule has 0 N–H and O–H groups in total. The van der Waals surface area contributed by atoms with Crippen LogP contribution in [0.25, 0.3) is 5.78 Å². The molecule has 0 unspecified atom stereocenters. The molecule has 0 radical (unpaired) electrons. The van der Waals surface area contributed by atoms with Gasteiger partial charge in [-0.25, -0.2) is 4.98 Å². The summed E-state index contributed by atoms with van der Waals surface area (Å²) in [5.41, 5.74) is 3.59. The molecule has 0 amide bonds. The molecular weight excluding hydrogens is 336 g/mol. The highest BCUT2D eigenvalue weighted by Gasteiger charge is 2.28. The summed E-state index contributed by atoms with van der Waals surface area (Å²) in [5, 5.41) is 4.87. The van der Waals surface area contributed by atoms with E-state index in [0.717, 1.165) is 37.4 Å². The molecule has 6 nitrogen and oxygen atoms in total. The van der Waals surface area contributed by atoms with Gasteiger partial charge in [-0.05, 0) is 45.7 Å². The van der Waals surface area contributed by atoms with Crippen molar-refractivity contribution in [2.45, 2.75) is 53.1 Å². The lowest BCUT2D eigenvalue weighted by molar-refractivity contribution is 0.686. The van der Waals surface area contributed by atoms with Gasteiger partial charge in [0, 0.05) is 36.1 Å². The van der Waals surface area contributed by atoms with Gasteiger partial charge in [-0.3, -0.25) is 0 Å². The average Bonchev–Trinajstić information content (AvgIpc) is 3.26. The van der Waals surface area contributed by atoms with Gasteiger partial charge in [0.2, 0.25) is 0 Å². The SMILES string of the molecule is CCCN(Cc1nc2nc(C)c3c(n2n1)N(C(C)C)CC3)c1ccccc1. The molecule has 1 aliphatic heterocycles. The van der Waals surface area contributed by atoms with Crippen molar-refractivity contribution in [3.05, 3.63) is 47.4 Å². The highest BCUT2D eigenvalue weighted by molar-refractivity contribution is 5.59. The summed E-state index contributed by atoms with van der Waals surface area (Å²) in [6, 6.07) is 10.9. The molecule has 1 aliphatic rings. The van der Waals surface area contributed by atoms with Gasteiger partial charge in [-0.2, -0.15) is 9.50 Å². The quantitative estimate of drug-likeness (QED) is 0.669. The smallest absolute Gasteiger partial charge is 0.254 e. The van der Waals surface area contributed by atoms with E-state index in [1.165, 1.54) is 17.1 Å². The molecule has 0 bridgehead atoms. The average molecular weight is 364 g/mol. The Kier molecular flexibility index (Phi) is 4.72. The number of hydrogen-bond acceptors (Lipinski definition) is 5. The van der Waals surface area contributed by atoms with E-state index in [2.05, 4.69) is 61.8 Å². The van der Waals surface area contributed by atoms with E-state index in [-0.39, 0.29) is 0 Å². The third-order valence-electron chi connectivity index (χ3n) is 5.25. The van der Waals surface area contributed by atoms with E-state index in [4.69, 9.17) is 15.1 Å². The largest absolute Gasteiger partial charge is 0.364 e. The molecule has 0 saturated heterocycles. The summed E-state index contributed by atoms with van der Waals surface area (Å²) < 4.78 is 1.96. The maximum absolute atomic E-state index is 4.87. The summed E-state index contributed by atoms with van der Waals surface area (Å²) in [4.78, 5) is 14.2. The normalized spacial score (nSPS) is 13.6. The predicted octanol–water partition coefficient (Wildman–Crippen LogP) is 3.62. The fourth-order valence-electron chi connectivity index (χ4n) is 3.94. The Morgan fingerprint density at radius 3 is 2.63 bits per heavy atom. The standard InChI is InChI=1S/C21H28N6/c1-5-12-25(17-9-7-6-8-10-17)14-19-23-21-22-16(4)18-11-13-26(15(2)3)20(18)27(21)24-19/h6-10,15H,5,11-14H2,1-4H3. The third-order valence-corrected chi connectivity index (χ3v) is 5.25. The Bertz CT molecular complexity index is 931. The first-order valence-corrected chi connectivity index (χ1v) is 9.90. The Morgan fingerprint density at radius 2 is 1.93 bits per heavy atom. The Morgan fingerprint density at radius 1 is 1.15 bits per heavy atom. The van der Waals surface area contributed by atoms with E-state index >= 15 is 0 Å². The molecule has 27 heavy (non-hydrogen) atoms. The fraction of sp³-hybridized carbons (Fsp3) is 0.476. The second kappa shape index (κ2) is 7.18. The van der Waals surface area contributed by atoms with Crippen molar-refractivity contribution in [3.63, 3.8) is 0 Å². The third kappa shape index (κ3) is 3.24. The summed E-state index contributed by atoms with van der Waals surface area (Å²) in [6.45, 7) is 11.4. The topological polar surface area (TPSA) is 49.6 Å². The minimum absolute atomic E-state index is 0.435. The number of benzene rings is 1. The van der Waals surface area contributed by atoms with Crippen molar-refractivity contribution in [1.29, 1.82) is 0 Å². The van der Waals surface area contributed by atoms with Gasteiger partial charge in [0.25, 0.3) is 5.78 Å². The summed E-state index contributed by atoms with van der Waals surface area (Å²) in [5.74, 6) is 2.70. The molecular formula is C21H28N6. The number of anilines is 2. The molecule has 2 aromatic heterocycles. The first-order chi connectivity index (χ1) is 13.1. The van der Waals surface area contributed by atoms with Crippen molar-refractivity contribution in [1.82, 2.24) is 19.6 Å². The number of para-hydroxylation sites is 1. The molecule has 0 atom stereocenters. The van der Waals surface area contributed by atoms with Gasteiger partial charge < -0.3 is 9.80 Å². The molecule has 142 valence electrons. The molecule has 6 heteroatoms. The molecule has 3 aromatic rings. The van der Waals surface area contributed by atoms with Gasteiger partial charge in [0.15, 0.2) is 5.82 Å². The number of aryl methyl sites for hydroxylation is 1. The molecule has 0 fully saturated rings. The van der Waals surface area contributed by atoms with Crippen LogP contribution < -0.4 is 9.80 Å². The van der Waals surface area contributed by atoms with Gasteiger partial charge >= 0.3 is 0 Å². The number of fused-ring (bicyclic) bond motifs is 3. The molecule has 4 rings (SSSR count). The van der Waals surface area contributed by atoms with Gasteiger partial charge in [-0.15, -0.1) is 5.10 Å². The number of hydrogen-bond donors (Lipinski definition) is 0. The van der Waals surface area contributed by atoms with Crippen molar-refractivity contribution < 1.29 is 0 Å². The minimum atomic E-state index is 0.435. The molecule has 0 saturated carbocycles. The first kappa shape index (κ1) is 17.8. The minimum Gasteiger partial charge on any atom is -0.364 e. The van der Waals surface area contributed by atoms with Crippen LogP contribution in [0.4, 0.5) is 11.5 Å². The van der Waals surface area contributed by atoms with E-state index < -0.39 is 0 Å². The van der Waals surface area contributed by atoms with Crippen molar-refractivity contribution in [2.24, 2.45) is 0 Å². The zero-order chi connectivity index (χ0) is 19.0. The van der Waals surface area contributed by atoms with Crippen LogP contribution in [0, 0.1) is 6.92 Å². The molecule has 3 heterocycles. The Hall–Kier alpha value is -2.63. The second-order valence-corrected chi connectivity index (χ2v) is 7.53. The van der Waals surface area contributed by atoms with Crippen LogP contribution in [0.3, 0.4) is 0 Å². The Balaban J connectivity index is 1.73. The lowest BCUT2D eigenvalue weighted by atomic mass is 10.2. The van der Waals surface area contributed by atoms with Gasteiger partial charge in [0.05, 0.1) is 6.54 Å². The number of nitrogens with zero attached hydrogens (tertiary/aromatic N) is 6. The number of rotatable bonds is 6. The Labute approximate surface area is 160 Å². The van der Waals surface area contributed by atoms with Crippen molar-refractivity contribution >= 4 is 17.3 Å². The van der Waals surface area contributed by atoms with Crippen LogP contribution in [-0.2, 0) is 13.0 Å². The van der Waals surface area contributed by atoms with E-state index in [1.54, 1.807) is 0 Å². The van der Waals surface area contributed by atoms with Crippen molar-refractivity contribution in [2.75, 3.05) is 22.9 Å². The van der Waals surface area contributed by atoms with Gasteiger partial charge in [0.1, 0.15) is 5.82 Å². The van der Waals surface area contributed by atoms with E-state index in [1.807, 2.05) is 10.6 Å². The van der Waals surface area contributed by atoms with E-state index in [9.17, 15) is 0 Å². The lowest BCUT2D eigenvalue weighted by Crippen LogP contribution is -2.30. The highest BCUT2D eigenvalue weighted by Crippen LogP contribution is 2.31. The van der Waals surface area contributed by atoms with Gasteiger partial charge in [-0.1, -0.05) is 25.1 Å². The summed E-state index contributed by atoms with van der Waals surface area (Å²) >= 11 is 0. The van der Waals surface area contributed by atoms with Crippen LogP contribution in [0.2, 0.25) is 0 Å². The fourth-order valence-corrected chi connectivity index (χ4v) is 3.94. The molecule has 1 aromatic carbocycles. The first-order valence-electron chi connectivity index (χ1n) is 9.90. The zero-order valence-corrected chi connectivity index (χ0v) is 16.7. The van der Waals surface area contributed by atoms with Crippen LogP contribution in [0.15, 0.2) is 30.3 Å². The van der Waals surface area contributed by atoms with Crippen molar-refractivity contribution in [3.8, 4) is 0 Å². The van der Waals surface area contributed by atoms with Crippen LogP contribution in [-0.4, -0.2) is 38.7 Å². The number of aromatic nitrogens is 4. The second-order valence-electron chi connectivity index (χ2n) is 7.53. The zero-order valence-electron chi connectivity index (χ0n) is 16.7. The maximum atomic E-state index is 4.87. The summed E-state index contributed by atoms with van der Waals surface area (Å²) in [6.07, 6.45) is 2.11. The predicted molar refractivity (Wildman–Crippen MR) is 109 cm³/mol. The summed E-state index contributed by atoms with van der Waals surface area (Å²) in [7, 11) is 0. The van der Waals surface area contributed by atoms with E-state index in [0.29, 0.717) is 18.4 Å². The molecule has 0 aliphatic carbocycles. The van der Waals surface area contributed by atoms with Crippen LogP contribution in [0.1, 0.15) is 44.3 Å². The molecule has 0 spiro atoms. The highest BCUT2D eigenvalue weighted by atomic mass is 15.4. The lowest BCUT2D eigenvalue weighted by Gasteiger charge is -2.24. The monoisotopic (exact) mass is 364 g/mol.